The van der Waals surface area contributed by atoms with Gasteiger partial charge in [0.05, 0.1) is 7.11 Å². The molecule has 0 radical (unpaired) electrons. The van der Waals surface area contributed by atoms with Crippen LogP contribution in [0.1, 0.15) is 43.6 Å². The molecule has 3 heteroatoms. The number of hydrogen-bond donors (Lipinski definition) is 0. The van der Waals surface area contributed by atoms with Crippen molar-refractivity contribution in [3.63, 3.8) is 0 Å². The molecule has 2 heterocycles. The topological polar surface area (TPSA) is 12.5 Å². The molecule has 0 spiro atoms. The zero-order valence-corrected chi connectivity index (χ0v) is 12.5. The first-order chi connectivity index (χ1) is 8.86. The highest BCUT2D eigenvalue weighted by Gasteiger charge is 2.30. The van der Waals surface area contributed by atoms with E-state index in [4.69, 9.17) is 4.74 Å². The maximum Gasteiger partial charge on any atom is 0.118 e. The van der Waals surface area contributed by atoms with Crippen LogP contribution in [0, 0.1) is 0 Å². The van der Waals surface area contributed by atoms with Gasteiger partial charge in [-0.3, -0.25) is 4.90 Å². The summed E-state index contributed by atoms with van der Waals surface area (Å²) in [6, 6.07) is 9.56. The Bertz CT molecular complexity index is 392. The summed E-state index contributed by atoms with van der Waals surface area (Å²) in [7, 11) is 1.73. The molecule has 2 fully saturated rings. The van der Waals surface area contributed by atoms with Gasteiger partial charge >= 0.3 is 0 Å². The van der Waals surface area contributed by atoms with Gasteiger partial charge in [-0.15, -0.1) is 12.4 Å². The average Bonchev–Trinajstić information content (AvgIpc) is 2.47. The first-order valence-electron chi connectivity index (χ1n) is 7.25. The fourth-order valence-corrected chi connectivity index (χ4v) is 3.54. The Morgan fingerprint density at radius 1 is 1.05 bits per heavy atom. The normalized spacial score (nSPS) is 27.2. The Hall–Kier alpha value is -0.730. The summed E-state index contributed by atoms with van der Waals surface area (Å²) in [5, 5.41) is 0. The zero-order chi connectivity index (χ0) is 12.4. The molecule has 3 rings (SSSR count). The lowest BCUT2D eigenvalue weighted by molar-refractivity contribution is 0.0959. The second kappa shape index (κ2) is 6.62. The van der Waals surface area contributed by atoms with Crippen molar-refractivity contribution in [2.75, 3.05) is 20.2 Å². The predicted molar refractivity (Wildman–Crippen MR) is 81.4 cm³/mol. The van der Waals surface area contributed by atoms with Gasteiger partial charge in [0, 0.05) is 12.6 Å². The number of benzene rings is 1. The quantitative estimate of drug-likeness (QED) is 0.816. The van der Waals surface area contributed by atoms with Gasteiger partial charge in [0.15, 0.2) is 0 Å². The number of ether oxygens (including phenoxy) is 1. The van der Waals surface area contributed by atoms with Crippen molar-refractivity contribution in [1.29, 1.82) is 0 Å². The molecule has 0 N–H and O–H groups in total. The van der Waals surface area contributed by atoms with Crippen LogP contribution in [0.5, 0.6) is 5.75 Å². The maximum atomic E-state index is 5.23. The van der Waals surface area contributed by atoms with Crippen molar-refractivity contribution in [2.45, 2.75) is 44.1 Å². The minimum absolute atomic E-state index is 0. The largest absolute Gasteiger partial charge is 0.497 e. The summed E-state index contributed by atoms with van der Waals surface area (Å²) in [6.07, 6.45) is 7.00. The summed E-state index contributed by atoms with van der Waals surface area (Å²) in [6.45, 7) is 2.58. The highest BCUT2D eigenvalue weighted by Crippen LogP contribution is 2.34. The van der Waals surface area contributed by atoms with Crippen LogP contribution in [0.3, 0.4) is 0 Å². The van der Waals surface area contributed by atoms with E-state index < -0.39 is 0 Å². The van der Waals surface area contributed by atoms with Crippen molar-refractivity contribution < 1.29 is 4.74 Å². The Morgan fingerprint density at radius 2 is 1.84 bits per heavy atom. The van der Waals surface area contributed by atoms with Gasteiger partial charge in [0.25, 0.3) is 0 Å². The van der Waals surface area contributed by atoms with Gasteiger partial charge in [-0.05, 0) is 55.8 Å². The highest BCUT2D eigenvalue weighted by molar-refractivity contribution is 5.85. The van der Waals surface area contributed by atoms with Crippen molar-refractivity contribution in [2.24, 2.45) is 0 Å². The molecule has 2 nitrogen and oxygen atoms in total. The molecule has 106 valence electrons. The maximum absolute atomic E-state index is 5.23. The molecule has 0 bridgehead atoms. The number of nitrogens with zero attached hydrogens (tertiary/aromatic N) is 1. The number of halogens is 1. The SMILES string of the molecule is COc1ccc(C2CCC3CCCCN3C2)cc1.Cl. The average molecular weight is 282 g/mol. The zero-order valence-electron chi connectivity index (χ0n) is 11.7. The smallest absolute Gasteiger partial charge is 0.118 e. The van der Waals surface area contributed by atoms with Crippen molar-refractivity contribution in [3.8, 4) is 5.75 Å². The number of methoxy groups -OCH3 is 1. The van der Waals surface area contributed by atoms with Crippen molar-refractivity contribution in [1.82, 2.24) is 4.90 Å². The highest BCUT2D eigenvalue weighted by atomic mass is 35.5. The van der Waals surface area contributed by atoms with E-state index in [9.17, 15) is 0 Å². The lowest BCUT2D eigenvalue weighted by Crippen LogP contribution is -2.45. The third kappa shape index (κ3) is 3.24. The Morgan fingerprint density at radius 3 is 2.58 bits per heavy atom. The molecule has 1 aromatic carbocycles. The van der Waals surface area contributed by atoms with Gasteiger partial charge in [-0.25, -0.2) is 0 Å². The minimum Gasteiger partial charge on any atom is -0.497 e. The van der Waals surface area contributed by atoms with Crippen molar-refractivity contribution >= 4 is 12.4 Å². The van der Waals surface area contributed by atoms with Gasteiger partial charge in [0.2, 0.25) is 0 Å². The van der Waals surface area contributed by atoms with Crippen LogP contribution in [-0.4, -0.2) is 31.1 Å². The second-order valence-electron chi connectivity index (χ2n) is 5.69. The molecule has 0 aromatic heterocycles. The molecular formula is C16H24ClNO. The van der Waals surface area contributed by atoms with Crippen molar-refractivity contribution in [3.05, 3.63) is 29.8 Å². The van der Waals surface area contributed by atoms with E-state index in [0.717, 1.165) is 17.7 Å². The summed E-state index contributed by atoms with van der Waals surface area (Å²) < 4.78 is 5.23. The molecule has 2 atom stereocenters. The first kappa shape index (κ1) is 14.7. The van der Waals surface area contributed by atoms with Gasteiger partial charge < -0.3 is 4.74 Å². The van der Waals surface area contributed by atoms with Gasteiger partial charge in [0.1, 0.15) is 5.75 Å². The number of piperidine rings is 2. The first-order valence-corrected chi connectivity index (χ1v) is 7.25. The summed E-state index contributed by atoms with van der Waals surface area (Å²) >= 11 is 0. The van der Waals surface area contributed by atoms with E-state index in [1.807, 2.05) is 0 Å². The Balaban J connectivity index is 0.00000133. The monoisotopic (exact) mass is 281 g/mol. The van der Waals surface area contributed by atoms with Crippen LogP contribution in [-0.2, 0) is 0 Å². The number of rotatable bonds is 2. The van der Waals surface area contributed by atoms with E-state index in [1.165, 1.54) is 50.8 Å². The van der Waals surface area contributed by atoms with E-state index in [-0.39, 0.29) is 12.4 Å². The van der Waals surface area contributed by atoms with Crippen LogP contribution in [0.4, 0.5) is 0 Å². The van der Waals surface area contributed by atoms with Crippen LogP contribution in [0.2, 0.25) is 0 Å². The molecule has 1 aromatic rings. The molecule has 2 unspecified atom stereocenters. The molecule has 2 aliphatic rings. The van der Waals surface area contributed by atoms with E-state index in [0.29, 0.717) is 0 Å². The Labute approximate surface area is 122 Å². The lowest BCUT2D eigenvalue weighted by atomic mass is 9.84. The van der Waals surface area contributed by atoms with Crippen LogP contribution in [0.25, 0.3) is 0 Å². The van der Waals surface area contributed by atoms with E-state index in [1.54, 1.807) is 7.11 Å². The standard InChI is InChI=1S/C16H23NO.ClH/c1-18-16-9-6-13(7-10-16)14-5-8-15-4-2-3-11-17(15)12-14;/h6-7,9-10,14-15H,2-5,8,11-12H2,1H3;1H. The van der Waals surface area contributed by atoms with Crippen LogP contribution in [0.15, 0.2) is 24.3 Å². The minimum atomic E-state index is 0. The number of fused-ring (bicyclic) bond motifs is 1. The molecule has 0 saturated carbocycles. The molecule has 0 aliphatic carbocycles. The lowest BCUT2D eigenvalue weighted by Gasteiger charge is -2.42. The molecule has 2 aliphatic heterocycles. The summed E-state index contributed by atoms with van der Waals surface area (Å²) in [5.74, 6) is 1.69. The third-order valence-electron chi connectivity index (χ3n) is 4.64. The Kier molecular flexibility index (Phi) is 5.12. The van der Waals surface area contributed by atoms with Crippen LogP contribution >= 0.6 is 12.4 Å². The van der Waals surface area contributed by atoms with Gasteiger partial charge in [-0.1, -0.05) is 18.6 Å². The molecular weight excluding hydrogens is 258 g/mol. The second-order valence-corrected chi connectivity index (χ2v) is 5.69. The molecule has 2 saturated heterocycles. The summed E-state index contributed by atoms with van der Waals surface area (Å²) in [4.78, 5) is 2.72. The molecule has 19 heavy (non-hydrogen) atoms. The third-order valence-corrected chi connectivity index (χ3v) is 4.64. The fourth-order valence-electron chi connectivity index (χ4n) is 3.54. The van der Waals surface area contributed by atoms with E-state index >= 15 is 0 Å². The summed E-state index contributed by atoms with van der Waals surface area (Å²) in [5.41, 5.74) is 1.49. The number of hydrogen-bond acceptors (Lipinski definition) is 2. The van der Waals surface area contributed by atoms with Gasteiger partial charge in [-0.2, -0.15) is 0 Å². The fraction of sp³-hybridized carbons (Fsp3) is 0.625. The van der Waals surface area contributed by atoms with Crippen LogP contribution < -0.4 is 4.74 Å². The molecule has 0 amide bonds. The predicted octanol–water partition coefficient (Wildman–Crippen LogP) is 3.85. The van der Waals surface area contributed by atoms with E-state index in [2.05, 4.69) is 29.2 Å².